The van der Waals surface area contributed by atoms with E-state index in [9.17, 15) is 4.79 Å². The number of aliphatic imine (C=N–C) groups is 1. The van der Waals surface area contributed by atoms with Crippen molar-refractivity contribution in [3.8, 4) is 17.2 Å². The second-order valence-corrected chi connectivity index (χ2v) is 11.1. The van der Waals surface area contributed by atoms with Crippen molar-refractivity contribution >= 4 is 44.6 Å². The van der Waals surface area contributed by atoms with Crippen molar-refractivity contribution < 1.29 is 19.0 Å². The molecule has 0 unspecified atom stereocenters. The van der Waals surface area contributed by atoms with Gasteiger partial charge in [-0.2, -0.15) is 0 Å². The number of methoxy groups -OCH3 is 1. The van der Waals surface area contributed by atoms with E-state index < -0.39 is 0 Å². The van der Waals surface area contributed by atoms with Crippen LogP contribution in [0, 0.1) is 0 Å². The first kappa shape index (κ1) is 26.7. The number of aromatic nitrogens is 4. The van der Waals surface area contributed by atoms with Gasteiger partial charge in [-0.25, -0.2) is 4.99 Å². The fraction of sp³-hybridized carbons (Fsp3) is 0.333. The molecule has 0 bridgehead atoms. The van der Waals surface area contributed by atoms with Gasteiger partial charge in [-0.3, -0.25) is 4.79 Å². The van der Waals surface area contributed by atoms with Crippen LogP contribution in [0.5, 0.6) is 17.2 Å². The second-order valence-electron chi connectivity index (χ2n) is 8.97. The molecule has 1 aliphatic rings. The van der Waals surface area contributed by atoms with Gasteiger partial charge in [-0.15, -0.1) is 20.4 Å². The molecule has 202 valence electrons. The maximum Gasteiger partial charge on any atom is 0.231 e. The Bertz CT molecular complexity index is 1470. The Morgan fingerprint density at radius 2 is 1.72 bits per heavy atom. The largest absolute Gasteiger partial charge is 0.497 e. The lowest BCUT2D eigenvalue weighted by Crippen LogP contribution is -2.14. The molecule has 0 saturated carbocycles. The van der Waals surface area contributed by atoms with Gasteiger partial charge in [0.25, 0.3) is 0 Å². The summed E-state index contributed by atoms with van der Waals surface area (Å²) >= 11 is 2.92. The molecule has 1 N–H and O–H groups in total. The number of nitrogens with one attached hydrogen (secondary N) is 1. The van der Waals surface area contributed by atoms with Gasteiger partial charge >= 0.3 is 0 Å². The highest BCUT2D eigenvalue weighted by molar-refractivity contribution is 7.15. The minimum Gasteiger partial charge on any atom is -0.497 e. The average Bonchev–Trinajstić information content (AvgIpc) is 3.68. The summed E-state index contributed by atoms with van der Waals surface area (Å²) < 4.78 is 16.0. The molecule has 2 aromatic carbocycles. The lowest BCUT2D eigenvalue weighted by molar-refractivity contribution is -0.115. The molecule has 10 nitrogen and oxygen atoms in total. The maximum absolute atomic E-state index is 12.4. The van der Waals surface area contributed by atoms with Crippen LogP contribution in [0.15, 0.2) is 47.5 Å². The predicted molar refractivity (Wildman–Crippen MR) is 151 cm³/mol. The SMILES string of the molecule is COc1cccc(CC(=O)Nc2nnc(CCCCc3nnc(N=C(C)Cc4ccc5c(c4)OCO5)s3)s2)c1. The zero-order valence-corrected chi connectivity index (χ0v) is 23.3. The smallest absolute Gasteiger partial charge is 0.231 e. The molecule has 5 rings (SSSR count). The van der Waals surface area contributed by atoms with Crippen LogP contribution in [0.2, 0.25) is 0 Å². The molecule has 0 fully saturated rings. The van der Waals surface area contributed by atoms with E-state index in [1.54, 1.807) is 7.11 Å². The van der Waals surface area contributed by atoms with Crippen molar-refractivity contribution in [3.63, 3.8) is 0 Å². The number of ether oxygens (including phenoxy) is 3. The van der Waals surface area contributed by atoms with Crippen LogP contribution in [0.1, 0.15) is 40.9 Å². The molecule has 0 aliphatic carbocycles. The summed E-state index contributed by atoms with van der Waals surface area (Å²) in [5.41, 5.74) is 2.95. The van der Waals surface area contributed by atoms with Gasteiger partial charge in [0.1, 0.15) is 15.8 Å². The van der Waals surface area contributed by atoms with Gasteiger partial charge in [0.05, 0.1) is 13.5 Å². The van der Waals surface area contributed by atoms with Crippen LogP contribution >= 0.6 is 22.7 Å². The van der Waals surface area contributed by atoms with Crippen molar-refractivity contribution in [2.75, 3.05) is 19.2 Å². The summed E-state index contributed by atoms with van der Waals surface area (Å²) in [6, 6.07) is 13.4. The predicted octanol–water partition coefficient (Wildman–Crippen LogP) is 5.21. The quantitative estimate of drug-likeness (QED) is 0.184. The van der Waals surface area contributed by atoms with E-state index in [-0.39, 0.29) is 19.1 Å². The molecular weight excluding hydrogens is 536 g/mol. The fourth-order valence-corrected chi connectivity index (χ4v) is 5.65. The van der Waals surface area contributed by atoms with Gasteiger partial charge in [-0.1, -0.05) is 40.9 Å². The van der Waals surface area contributed by atoms with Crippen LogP contribution in [0.3, 0.4) is 0 Å². The van der Waals surface area contributed by atoms with Crippen molar-refractivity contribution in [1.29, 1.82) is 0 Å². The first-order chi connectivity index (χ1) is 19.0. The summed E-state index contributed by atoms with van der Waals surface area (Å²) in [4.78, 5) is 17.0. The third kappa shape index (κ3) is 7.58. The number of rotatable bonds is 12. The normalized spacial score (nSPS) is 12.5. The minimum absolute atomic E-state index is 0.133. The Balaban J connectivity index is 1.03. The topological polar surface area (TPSA) is 121 Å². The van der Waals surface area contributed by atoms with Gasteiger partial charge < -0.3 is 19.5 Å². The highest BCUT2D eigenvalue weighted by Gasteiger charge is 2.14. The third-order valence-corrected chi connectivity index (χ3v) is 7.66. The highest BCUT2D eigenvalue weighted by atomic mass is 32.1. The van der Waals surface area contributed by atoms with Crippen molar-refractivity contribution in [3.05, 3.63) is 63.6 Å². The third-order valence-electron chi connectivity index (χ3n) is 5.88. The number of benzene rings is 2. The molecule has 4 aromatic rings. The maximum atomic E-state index is 12.4. The number of fused-ring (bicyclic) bond motifs is 1. The average molecular weight is 565 g/mol. The number of nitrogens with zero attached hydrogens (tertiary/aromatic N) is 5. The lowest BCUT2D eigenvalue weighted by atomic mass is 10.1. The number of amides is 1. The van der Waals surface area contributed by atoms with Crippen LogP contribution in [0.4, 0.5) is 10.3 Å². The van der Waals surface area contributed by atoms with Crippen LogP contribution in [0.25, 0.3) is 0 Å². The van der Waals surface area contributed by atoms with Crippen molar-refractivity contribution in [2.24, 2.45) is 4.99 Å². The van der Waals surface area contributed by atoms with E-state index in [1.807, 2.05) is 49.4 Å². The number of unbranched alkanes of at least 4 members (excludes halogenated alkanes) is 1. The Hall–Kier alpha value is -3.90. The van der Waals surface area contributed by atoms with E-state index in [1.165, 1.54) is 22.7 Å². The molecule has 0 spiro atoms. The van der Waals surface area contributed by atoms with Gasteiger partial charge in [-0.05, 0) is 55.2 Å². The van der Waals surface area contributed by atoms with E-state index >= 15 is 0 Å². The van der Waals surface area contributed by atoms with Crippen molar-refractivity contribution in [1.82, 2.24) is 20.4 Å². The molecule has 3 heterocycles. The molecule has 12 heteroatoms. The molecule has 2 aromatic heterocycles. The number of aryl methyl sites for hydroxylation is 2. The van der Waals surface area contributed by atoms with E-state index in [2.05, 4.69) is 30.7 Å². The summed E-state index contributed by atoms with van der Waals surface area (Å²) in [5, 5.41) is 22.7. The molecule has 1 amide bonds. The molecule has 0 saturated heterocycles. The van der Waals surface area contributed by atoms with E-state index in [0.29, 0.717) is 16.7 Å². The zero-order valence-electron chi connectivity index (χ0n) is 21.7. The lowest BCUT2D eigenvalue weighted by Gasteiger charge is -2.04. The molecule has 1 aliphatic heterocycles. The molecule has 0 radical (unpaired) electrons. The second kappa shape index (κ2) is 12.8. The number of carbonyl (C=O) groups is 1. The molecule has 0 atom stereocenters. The zero-order chi connectivity index (χ0) is 27.0. The number of hydrogen-bond donors (Lipinski definition) is 1. The highest BCUT2D eigenvalue weighted by Crippen LogP contribution is 2.33. The van der Waals surface area contributed by atoms with E-state index in [0.717, 1.165) is 69.8 Å². The number of hydrogen-bond acceptors (Lipinski definition) is 11. The van der Waals surface area contributed by atoms with Gasteiger partial charge in [0, 0.05) is 25.0 Å². The Morgan fingerprint density at radius 1 is 0.949 bits per heavy atom. The van der Waals surface area contributed by atoms with Gasteiger partial charge in [0.15, 0.2) is 11.5 Å². The van der Waals surface area contributed by atoms with Crippen molar-refractivity contribution in [2.45, 2.75) is 45.4 Å². The standard InChI is InChI=1S/C27H28N6O4S2/c1-17(12-19-10-11-21-22(14-19)37-16-36-21)28-26-32-30-24(38-26)8-3-4-9-25-31-33-27(39-25)29-23(34)15-18-6-5-7-20(13-18)35-2/h5-7,10-11,13-14H,3-4,8-9,12,15-16H2,1-2H3,(H,29,33,34). The first-order valence-electron chi connectivity index (χ1n) is 12.5. The summed E-state index contributed by atoms with van der Waals surface area (Å²) in [6.07, 6.45) is 4.47. The van der Waals surface area contributed by atoms with Crippen LogP contribution in [-0.2, 0) is 30.5 Å². The van der Waals surface area contributed by atoms with Gasteiger partial charge in [0.2, 0.25) is 23.0 Å². The fourth-order valence-electron chi connectivity index (χ4n) is 4.03. The van der Waals surface area contributed by atoms with Crippen LogP contribution in [-0.4, -0.2) is 45.9 Å². The summed E-state index contributed by atoms with van der Waals surface area (Å²) in [6.45, 7) is 2.26. The molecular formula is C27H28N6O4S2. The summed E-state index contributed by atoms with van der Waals surface area (Å²) in [7, 11) is 1.61. The Morgan fingerprint density at radius 3 is 2.56 bits per heavy atom. The number of carbonyl (C=O) groups excluding carboxylic acids is 1. The van der Waals surface area contributed by atoms with Crippen LogP contribution < -0.4 is 19.5 Å². The monoisotopic (exact) mass is 564 g/mol. The first-order valence-corrected chi connectivity index (χ1v) is 14.2. The molecule has 39 heavy (non-hydrogen) atoms. The Kier molecular flexibility index (Phi) is 8.74. The number of anilines is 1. The van der Waals surface area contributed by atoms with E-state index in [4.69, 9.17) is 14.2 Å². The Labute approximate surface area is 234 Å². The minimum atomic E-state index is -0.133. The summed E-state index contributed by atoms with van der Waals surface area (Å²) in [5.74, 6) is 2.15.